The van der Waals surface area contributed by atoms with Gasteiger partial charge in [-0.2, -0.15) is 10.2 Å². The first-order valence-corrected chi connectivity index (χ1v) is 17.8. The van der Waals surface area contributed by atoms with Crippen LogP contribution in [0, 0.1) is 11.3 Å². The van der Waals surface area contributed by atoms with Crippen molar-refractivity contribution < 1.29 is 4.74 Å². The first-order chi connectivity index (χ1) is 18.8. The van der Waals surface area contributed by atoms with E-state index in [2.05, 4.69) is 97.1 Å². The number of anilines is 1. The largest absolute Gasteiger partial charge is 0.361 e. The fraction of sp³-hybridized carbons (Fsp3) is 0.406. The van der Waals surface area contributed by atoms with Crippen LogP contribution in [0.25, 0.3) is 22.3 Å². The first-order valence-electron chi connectivity index (χ1n) is 14.1. The molecule has 202 valence electrons. The van der Waals surface area contributed by atoms with E-state index in [4.69, 9.17) is 14.7 Å². The first kappa shape index (κ1) is 27.1. The maximum Gasteiger partial charge on any atom is 0.225 e. The van der Waals surface area contributed by atoms with Crippen LogP contribution in [-0.2, 0) is 29.7 Å². The van der Waals surface area contributed by atoms with Gasteiger partial charge in [0.1, 0.15) is 12.4 Å². The Hall–Kier alpha value is -3.47. The monoisotopic (exact) mass is 537 g/mol. The summed E-state index contributed by atoms with van der Waals surface area (Å²) in [6, 6.07) is 22.7. The Morgan fingerprint density at radius 2 is 1.82 bits per heavy atom. The van der Waals surface area contributed by atoms with E-state index in [1.54, 1.807) is 0 Å². The maximum absolute atomic E-state index is 10.4. The van der Waals surface area contributed by atoms with Gasteiger partial charge >= 0.3 is 0 Å². The van der Waals surface area contributed by atoms with Crippen molar-refractivity contribution in [1.29, 1.82) is 5.26 Å². The third-order valence-corrected chi connectivity index (χ3v) is 9.37. The molecule has 39 heavy (non-hydrogen) atoms. The molecule has 0 aliphatic heterocycles. The summed E-state index contributed by atoms with van der Waals surface area (Å²) in [5.74, 6) is 0.627. The lowest BCUT2D eigenvalue weighted by molar-refractivity contribution is 0.0899. The van der Waals surface area contributed by atoms with Gasteiger partial charge in [-0.15, -0.1) is 0 Å². The van der Waals surface area contributed by atoms with Gasteiger partial charge in [-0.25, -0.2) is 4.98 Å². The van der Waals surface area contributed by atoms with Gasteiger partial charge in [0.2, 0.25) is 5.95 Å². The molecule has 2 heterocycles. The zero-order chi connectivity index (χ0) is 27.5. The van der Waals surface area contributed by atoms with Crippen LogP contribution in [0.5, 0.6) is 0 Å². The summed E-state index contributed by atoms with van der Waals surface area (Å²) in [6.45, 7) is 11.3. The summed E-state index contributed by atoms with van der Waals surface area (Å²) in [6.07, 6.45) is 5.67. The van der Waals surface area contributed by atoms with Crippen LogP contribution in [0.15, 0.2) is 60.8 Å². The van der Waals surface area contributed by atoms with Crippen molar-refractivity contribution in [3.63, 3.8) is 0 Å². The molecule has 0 spiro atoms. The number of nitriles is 1. The molecular formula is C32H39N5OSi. The van der Waals surface area contributed by atoms with Crippen molar-refractivity contribution in [2.75, 3.05) is 18.5 Å². The smallest absolute Gasteiger partial charge is 0.225 e. The second-order valence-electron chi connectivity index (χ2n) is 11.9. The molecule has 0 unspecified atom stereocenters. The molecule has 1 aliphatic carbocycles. The Morgan fingerprint density at radius 3 is 2.51 bits per heavy atom. The number of nitrogens with one attached hydrogen (secondary N) is 1. The molecule has 0 saturated heterocycles. The Balaban J connectivity index is 1.50. The number of hydrogen-bond acceptors (Lipinski definition) is 5. The van der Waals surface area contributed by atoms with Crippen LogP contribution < -0.4 is 5.32 Å². The van der Waals surface area contributed by atoms with Crippen molar-refractivity contribution in [2.45, 2.75) is 70.4 Å². The summed E-state index contributed by atoms with van der Waals surface area (Å²) >= 11 is 0. The van der Waals surface area contributed by atoms with Gasteiger partial charge in [0, 0.05) is 38.4 Å². The molecule has 7 heteroatoms. The topological polar surface area (TPSA) is 75.8 Å². The summed E-state index contributed by atoms with van der Waals surface area (Å²) < 4.78 is 8.15. The van der Waals surface area contributed by atoms with Crippen LogP contribution in [0.2, 0.25) is 25.7 Å². The molecule has 4 aromatic rings. The number of unbranched alkanes of at least 4 members (excludes halogenated alkanes) is 1. The van der Waals surface area contributed by atoms with Gasteiger partial charge in [0.15, 0.2) is 0 Å². The second-order valence-corrected chi connectivity index (χ2v) is 17.6. The van der Waals surface area contributed by atoms with Crippen molar-refractivity contribution >= 4 is 25.1 Å². The molecule has 2 aromatic heterocycles. The second kappa shape index (κ2) is 11.3. The molecule has 1 N–H and O–H groups in total. The predicted octanol–water partition coefficient (Wildman–Crippen LogP) is 7.18. The normalized spacial score (nSPS) is 14.3. The van der Waals surface area contributed by atoms with Gasteiger partial charge in [-0.05, 0) is 54.1 Å². The van der Waals surface area contributed by atoms with E-state index < -0.39 is 13.5 Å². The molecule has 5 rings (SSSR count). The minimum atomic E-state index is -1.15. The van der Waals surface area contributed by atoms with Gasteiger partial charge in [-0.1, -0.05) is 75.5 Å². The highest BCUT2D eigenvalue weighted by Crippen LogP contribution is 2.41. The van der Waals surface area contributed by atoms with Gasteiger partial charge in [0.25, 0.3) is 0 Å². The lowest BCUT2D eigenvalue weighted by atomic mass is 9.78. The minimum Gasteiger partial charge on any atom is -0.361 e. The summed E-state index contributed by atoms with van der Waals surface area (Å²) in [7, 11) is -1.15. The predicted molar refractivity (Wildman–Crippen MR) is 162 cm³/mol. The third kappa shape index (κ3) is 5.92. The molecule has 0 fully saturated rings. The van der Waals surface area contributed by atoms with E-state index in [1.165, 1.54) is 11.1 Å². The molecule has 6 nitrogen and oxygen atoms in total. The number of hydrogen-bond donors (Lipinski definition) is 1. The molecule has 0 atom stereocenters. The van der Waals surface area contributed by atoms with Crippen molar-refractivity contribution in [3.05, 3.63) is 77.5 Å². The highest BCUT2D eigenvalue weighted by molar-refractivity contribution is 6.76. The molecule has 0 bridgehead atoms. The Morgan fingerprint density at radius 1 is 1.05 bits per heavy atom. The SMILES string of the molecule is CCCCNc1nc(-c2cccc(C3(C#N)Cc4ccccc4C3)c2)c2ccn(COCC[Si](C)(C)C)c2n1. The zero-order valence-electron chi connectivity index (χ0n) is 23.6. The third-order valence-electron chi connectivity index (χ3n) is 7.66. The van der Waals surface area contributed by atoms with Crippen LogP contribution >= 0.6 is 0 Å². The van der Waals surface area contributed by atoms with Crippen molar-refractivity contribution in [3.8, 4) is 17.3 Å². The fourth-order valence-electron chi connectivity index (χ4n) is 5.31. The number of rotatable bonds is 11. The molecule has 0 saturated carbocycles. The summed E-state index contributed by atoms with van der Waals surface area (Å²) in [5, 5.41) is 14.8. The summed E-state index contributed by atoms with van der Waals surface area (Å²) in [5.41, 5.74) is 5.75. The van der Waals surface area contributed by atoms with Gasteiger partial charge in [0.05, 0.1) is 17.2 Å². The highest BCUT2D eigenvalue weighted by atomic mass is 28.3. The molecule has 0 radical (unpaired) electrons. The summed E-state index contributed by atoms with van der Waals surface area (Å²) in [4.78, 5) is 9.88. The minimum absolute atomic E-state index is 0.467. The van der Waals surface area contributed by atoms with Crippen LogP contribution in [0.4, 0.5) is 5.95 Å². The van der Waals surface area contributed by atoms with E-state index in [1.807, 2.05) is 6.20 Å². The number of benzene rings is 2. The van der Waals surface area contributed by atoms with Crippen molar-refractivity contribution in [1.82, 2.24) is 14.5 Å². The van der Waals surface area contributed by atoms with Gasteiger partial charge < -0.3 is 14.6 Å². The lowest BCUT2D eigenvalue weighted by Crippen LogP contribution is -2.24. The molecule has 1 aliphatic rings. The van der Waals surface area contributed by atoms with E-state index >= 15 is 0 Å². The Kier molecular flexibility index (Phi) is 7.88. The van der Waals surface area contributed by atoms with Gasteiger partial charge in [-0.3, -0.25) is 0 Å². The standard InChI is InChI=1S/C32H39N5OSi/c1-5-6-15-34-31-35-29(28-14-16-37(30(28)36-31)23-38-17-18-39(2,3)4)24-12-9-13-27(19-24)32(22-33)20-25-10-7-8-11-26(25)21-32/h7-14,16,19H,5-6,15,17-18,20-21,23H2,1-4H3,(H,34,35,36). The Labute approximate surface area is 233 Å². The van der Waals surface area contributed by atoms with Crippen LogP contribution in [0.3, 0.4) is 0 Å². The molecule has 0 amide bonds. The molecule has 2 aromatic carbocycles. The van der Waals surface area contributed by atoms with Crippen molar-refractivity contribution in [2.24, 2.45) is 0 Å². The number of ether oxygens (including phenoxy) is 1. The van der Waals surface area contributed by atoms with E-state index in [9.17, 15) is 5.26 Å². The average Bonchev–Trinajstić information content (AvgIpc) is 3.52. The lowest BCUT2D eigenvalue weighted by Gasteiger charge is -2.22. The molecular weight excluding hydrogens is 498 g/mol. The number of aromatic nitrogens is 3. The highest BCUT2D eigenvalue weighted by Gasteiger charge is 2.39. The average molecular weight is 538 g/mol. The van der Waals surface area contributed by atoms with E-state index in [-0.39, 0.29) is 0 Å². The number of fused-ring (bicyclic) bond motifs is 2. The maximum atomic E-state index is 10.4. The van der Waals surface area contributed by atoms with E-state index in [0.29, 0.717) is 12.7 Å². The fourth-order valence-corrected chi connectivity index (χ4v) is 6.07. The zero-order valence-corrected chi connectivity index (χ0v) is 24.6. The van der Waals surface area contributed by atoms with E-state index in [0.717, 1.165) is 72.7 Å². The Bertz CT molecular complexity index is 1470. The number of nitrogens with zero attached hydrogens (tertiary/aromatic N) is 4. The quantitative estimate of drug-likeness (QED) is 0.162. The van der Waals surface area contributed by atoms with Crippen LogP contribution in [-0.4, -0.2) is 35.8 Å². The van der Waals surface area contributed by atoms with Crippen LogP contribution in [0.1, 0.15) is 36.5 Å².